The van der Waals surface area contributed by atoms with Crippen molar-refractivity contribution in [3.05, 3.63) is 95.4 Å². The fourth-order valence-electron chi connectivity index (χ4n) is 3.81. The van der Waals surface area contributed by atoms with Gasteiger partial charge in [-0.25, -0.2) is 4.68 Å². The van der Waals surface area contributed by atoms with Crippen molar-refractivity contribution in [3.63, 3.8) is 0 Å². The Morgan fingerprint density at radius 2 is 1.89 bits per heavy atom. The average Bonchev–Trinajstić information content (AvgIpc) is 3.63. The van der Waals surface area contributed by atoms with Crippen LogP contribution < -0.4 is 0 Å². The van der Waals surface area contributed by atoms with Gasteiger partial charge in [-0.2, -0.15) is 5.10 Å². The second-order valence-electron chi connectivity index (χ2n) is 8.29. The van der Waals surface area contributed by atoms with E-state index in [1.165, 1.54) is 29.5 Å². The van der Waals surface area contributed by atoms with Crippen LogP contribution in [0.5, 0.6) is 0 Å². The first-order valence-corrected chi connectivity index (χ1v) is 14.0. The topological polar surface area (TPSA) is 51.3 Å². The maximum absolute atomic E-state index is 13.2. The third-order valence-corrected chi connectivity index (χ3v) is 8.19. The maximum Gasteiger partial charge on any atom is 0.266 e. The summed E-state index contributed by atoms with van der Waals surface area (Å²) >= 11 is 8.69. The molecule has 0 bridgehead atoms. The smallest absolute Gasteiger partial charge is 0.266 e. The molecule has 1 aliphatic rings. The van der Waals surface area contributed by atoms with Crippen molar-refractivity contribution in [2.24, 2.45) is 0 Å². The van der Waals surface area contributed by atoms with Crippen molar-refractivity contribution in [3.8, 4) is 16.9 Å². The van der Waals surface area contributed by atoms with Crippen molar-refractivity contribution in [2.45, 2.75) is 31.2 Å². The van der Waals surface area contributed by atoms with E-state index in [1.54, 1.807) is 17.2 Å². The van der Waals surface area contributed by atoms with Gasteiger partial charge in [0.1, 0.15) is 10.1 Å². The fraction of sp³-hybridized carbons (Fsp3) is 0.179. The highest BCUT2D eigenvalue weighted by Gasteiger charge is 2.33. The van der Waals surface area contributed by atoms with E-state index >= 15 is 0 Å². The molecule has 36 heavy (non-hydrogen) atoms. The van der Waals surface area contributed by atoms with Gasteiger partial charge < -0.3 is 4.42 Å². The number of para-hydroxylation sites is 1. The zero-order valence-corrected chi connectivity index (χ0v) is 22.2. The van der Waals surface area contributed by atoms with Gasteiger partial charge in [0, 0.05) is 22.2 Å². The summed E-state index contributed by atoms with van der Waals surface area (Å²) in [5.41, 5.74) is 3.64. The molecule has 5 nitrogen and oxygen atoms in total. The number of benzene rings is 2. The van der Waals surface area contributed by atoms with E-state index in [-0.39, 0.29) is 5.91 Å². The van der Waals surface area contributed by atoms with Crippen LogP contribution in [0.3, 0.4) is 0 Å². The summed E-state index contributed by atoms with van der Waals surface area (Å²) < 4.78 is 7.80. The molecule has 1 fully saturated rings. The van der Waals surface area contributed by atoms with Gasteiger partial charge in [0.05, 0.1) is 29.1 Å². The number of thiocarbonyl (C=S) groups is 1. The number of hydrogen-bond donors (Lipinski definition) is 0. The summed E-state index contributed by atoms with van der Waals surface area (Å²) in [6.07, 6.45) is 7.86. The van der Waals surface area contributed by atoms with Gasteiger partial charge in [0.15, 0.2) is 0 Å². The highest BCUT2D eigenvalue weighted by Crippen LogP contribution is 2.36. The normalized spacial score (nSPS) is 14.8. The largest absolute Gasteiger partial charge is 0.467 e. The Morgan fingerprint density at radius 3 is 2.61 bits per heavy atom. The third-order valence-electron chi connectivity index (χ3n) is 5.71. The molecule has 0 spiro atoms. The number of carbonyl (C=O) groups excluding carboxylic acids is 1. The minimum Gasteiger partial charge on any atom is -0.467 e. The van der Waals surface area contributed by atoms with Crippen LogP contribution in [-0.4, -0.2) is 30.7 Å². The highest BCUT2D eigenvalue weighted by molar-refractivity contribution is 8.26. The molecular formula is C28H25N3O2S3. The van der Waals surface area contributed by atoms with Crippen LogP contribution in [0.25, 0.3) is 23.0 Å². The fourth-order valence-corrected chi connectivity index (χ4v) is 6.05. The molecule has 3 heterocycles. The lowest BCUT2D eigenvalue weighted by Crippen LogP contribution is -2.27. The minimum absolute atomic E-state index is 0.123. The molecule has 1 saturated heterocycles. The molecule has 8 heteroatoms. The summed E-state index contributed by atoms with van der Waals surface area (Å²) in [7, 11) is 0. The van der Waals surface area contributed by atoms with E-state index in [0.717, 1.165) is 28.3 Å². The van der Waals surface area contributed by atoms with E-state index in [9.17, 15) is 4.79 Å². The summed E-state index contributed by atoms with van der Waals surface area (Å²) in [6.45, 7) is 2.53. The van der Waals surface area contributed by atoms with Gasteiger partial charge in [0.2, 0.25) is 0 Å². The van der Waals surface area contributed by atoms with Crippen LogP contribution in [0.2, 0.25) is 0 Å². The number of thioether (sulfide) groups is 2. The highest BCUT2D eigenvalue weighted by atomic mass is 32.2. The zero-order chi connectivity index (χ0) is 24.9. The molecule has 1 amide bonds. The third kappa shape index (κ3) is 5.51. The second-order valence-corrected chi connectivity index (χ2v) is 11.1. The first-order chi connectivity index (χ1) is 17.6. The van der Waals surface area contributed by atoms with Crippen molar-refractivity contribution in [2.75, 3.05) is 5.75 Å². The Bertz CT molecular complexity index is 1380. The van der Waals surface area contributed by atoms with Gasteiger partial charge in [0.25, 0.3) is 5.91 Å². The van der Waals surface area contributed by atoms with Crippen molar-refractivity contribution >= 4 is 52.0 Å². The monoisotopic (exact) mass is 531 g/mol. The first-order valence-electron chi connectivity index (χ1n) is 11.8. The quantitative estimate of drug-likeness (QED) is 0.0969. The molecular weight excluding hydrogens is 507 g/mol. The van der Waals surface area contributed by atoms with Crippen LogP contribution in [0.15, 0.2) is 93.4 Å². The number of carbonyl (C=O) groups is 1. The van der Waals surface area contributed by atoms with Crippen molar-refractivity contribution in [1.29, 1.82) is 0 Å². The lowest BCUT2D eigenvalue weighted by atomic mass is 10.1. The Hall–Kier alpha value is -3.07. The first kappa shape index (κ1) is 24.6. The molecule has 0 atom stereocenters. The average molecular weight is 532 g/mol. The SMILES string of the molecule is CCCCSc1ccc(-c2nn(-c3ccccc3)cc2/C=C2\SC(=S)N(Cc3ccco3)C2=O)cc1. The molecule has 0 saturated carbocycles. The number of rotatable bonds is 9. The van der Waals surface area contributed by atoms with E-state index < -0.39 is 0 Å². The maximum atomic E-state index is 13.2. The number of unbranched alkanes of at least 4 members (excludes halogenated alkanes) is 1. The molecule has 182 valence electrons. The van der Waals surface area contributed by atoms with Gasteiger partial charge in [-0.05, 0) is 54.6 Å². The molecule has 1 aliphatic heterocycles. The minimum atomic E-state index is -0.123. The Labute approximate surface area is 224 Å². The number of aromatic nitrogens is 2. The van der Waals surface area contributed by atoms with Crippen molar-refractivity contribution in [1.82, 2.24) is 14.7 Å². The lowest BCUT2D eigenvalue weighted by molar-refractivity contribution is -0.122. The molecule has 4 aromatic rings. The van der Waals surface area contributed by atoms with Crippen molar-refractivity contribution < 1.29 is 9.21 Å². The Balaban J connectivity index is 1.47. The number of furan rings is 1. The molecule has 2 aromatic carbocycles. The Morgan fingerprint density at radius 1 is 1.08 bits per heavy atom. The number of nitrogens with zero attached hydrogens (tertiary/aromatic N) is 3. The van der Waals surface area contributed by atoms with Crippen LogP contribution in [-0.2, 0) is 11.3 Å². The number of hydrogen-bond acceptors (Lipinski definition) is 6. The molecule has 0 unspecified atom stereocenters. The van der Waals surface area contributed by atoms with Crippen LogP contribution in [0.4, 0.5) is 0 Å². The van der Waals surface area contributed by atoms with Crippen LogP contribution in [0.1, 0.15) is 31.1 Å². The molecule has 0 aliphatic carbocycles. The number of amides is 1. The molecule has 0 N–H and O–H groups in total. The predicted molar refractivity (Wildman–Crippen MR) is 152 cm³/mol. The second kappa shape index (κ2) is 11.3. The van der Waals surface area contributed by atoms with Crippen LogP contribution in [0, 0.1) is 0 Å². The van der Waals surface area contributed by atoms with E-state index in [4.69, 9.17) is 21.7 Å². The van der Waals surface area contributed by atoms with E-state index in [1.807, 2.05) is 65.1 Å². The molecule has 0 radical (unpaired) electrons. The predicted octanol–water partition coefficient (Wildman–Crippen LogP) is 7.43. The summed E-state index contributed by atoms with van der Waals surface area (Å²) in [6, 6.07) is 22.1. The molecule has 2 aromatic heterocycles. The van der Waals surface area contributed by atoms with E-state index in [0.29, 0.717) is 21.5 Å². The van der Waals surface area contributed by atoms with E-state index in [2.05, 4.69) is 31.2 Å². The standard InChI is InChI=1S/C28H25N3O2S3/c1-2-3-16-35-24-13-11-20(12-14-24)26-21(18-31(29-26)22-8-5-4-6-9-22)17-25-27(32)30(28(34)36-25)19-23-10-7-15-33-23/h4-15,17-18H,2-3,16,19H2,1H3/b25-17-. The Kier molecular flexibility index (Phi) is 7.75. The van der Waals surface area contributed by atoms with Crippen LogP contribution >= 0.6 is 35.7 Å². The van der Waals surface area contributed by atoms with Gasteiger partial charge in [-0.1, -0.05) is 67.7 Å². The van der Waals surface area contributed by atoms with Gasteiger partial charge >= 0.3 is 0 Å². The van der Waals surface area contributed by atoms with Gasteiger partial charge in [-0.3, -0.25) is 9.69 Å². The summed E-state index contributed by atoms with van der Waals surface area (Å²) in [5.74, 6) is 1.69. The lowest BCUT2D eigenvalue weighted by Gasteiger charge is -2.11. The zero-order valence-electron chi connectivity index (χ0n) is 19.8. The molecule has 5 rings (SSSR count). The summed E-state index contributed by atoms with van der Waals surface area (Å²) in [4.78, 5) is 16.6. The van der Waals surface area contributed by atoms with Gasteiger partial charge in [-0.15, -0.1) is 11.8 Å². The summed E-state index contributed by atoms with van der Waals surface area (Å²) in [5, 5.41) is 4.91.